The number of likely N-dealkylation sites (N-methyl/N-ethyl adjacent to an activating group) is 1. The highest BCUT2D eigenvalue weighted by atomic mass is 32.2. The van der Waals surface area contributed by atoms with Gasteiger partial charge in [-0.05, 0) is 30.7 Å². The Labute approximate surface area is 181 Å². The molecule has 0 spiro atoms. The van der Waals surface area contributed by atoms with Crippen molar-refractivity contribution in [2.24, 2.45) is 7.05 Å². The van der Waals surface area contributed by atoms with Crippen molar-refractivity contribution in [2.45, 2.75) is 30.0 Å². The number of benzene rings is 2. The summed E-state index contributed by atoms with van der Waals surface area (Å²) in [6, 6.07) is 13.2. The lowest BCUT2D eigenvalue weighted by Crippen LogP contribution is -2.41. The molecule has 164 valence electrons. The van der Waals surface area contributed by atoms with Crippen LogP contribution < -0.4 is 14.8 Å². The van der Waals surface area contributed by atoms with Crippen molar-refractivity contribution in [3.8, 4) is 5.75 Å². The first kappa shape index (κ1) is 21.5. The molecule has 0 bridgehead atoms. The maximum absolute atomic E-state index is 14.7. The monoisotopic (exact) mass is 444 g/mol. The highest BCUT2D eigenvalue weighted by Gasteiger charge is 2.31. The number of nitrogens with one attached hydrogen (secondary N) is 2. The third-order valence-corrected chi connectivity index (χ3v) is 6.85. The average molecular weight is 445 g/mol. The second-order valence-corrected chi connectivity index (χ2v) is 9.40. The molecule has 2 aromatic carbocycles. The first-order valence-electron chi connectivity index (χ1n) is 10.0. The maximum Gasteiger partial charge on any atom is 0.259 e. The Morgan fingerprint density at radius 2 is 2.03 bits per heavy atom. The number of nitrogens with zero attached hydrogens (tertiary/aromatic N) is 2. The maximum atomic E-state index is 14.7. The molecule has 9 heteroatoms. The van der Waals surface area contributed by atoms with E-state index in [0.717, 1.165) is 12.0 Å². The number of halogens is 1. The second kappa shape index (κ2) is 8.78. The summed E-state index contributed by atoms with van der Waals surface area (Å²) in [5.41, 5.74) is 2.29. The van der Waals surface area contributed by atoms with E-state index >= 15 is 0 Å². The number of sulfonamides is 1. The molecule has 2 atom stereocenters. The fraction of sp³-hybridized carbons (Fsp3) is 0.318. The molecule has 0 saturated heterocycles. The average Bonchev–Trinajstić information content (AvgIpc) is 3.21. The molecule has 1 aliphatic rings. The Morgan fingerprint density at radius 1 is 1.26 bits per heavy atom. The first-order valence-corrected chi connectivity index (χ1v) is 11.5. The fourth-order valence-corrected chi connectivity index (χ4v) is 4.85. The van der Waals surface area contributed by atoms with Gasteiger partial charge in [0.2, 0.25) is 0 Å². The van der Waals surface area contributed by atoms with E-state index in [9.17, 15) is 12.8 Å². The quantitative estimate of drug-likeness (QED) is 0.584. The Hall–Kier alpha value is -2.75. The minimum absolute atomic E-state index is 0.0521. The SMILES string of the molecule is CN[C@@H]1COc2cc(F)c(CNS(=O)(=O)c3cn(C)cn3)cc2[C@@H]1Cc1ccccc1. The smallest absolute Gasteiger partial charge is 0.259 e. The van der Waals surface area contributed by atoms with Crippen molar-refractivity contribution in [3.05, 3.63) is 77.5 Å². The molecule has 0 aliphatic carbocycles. The zero-order valence-corrected chi connectivity index (χ0v) is 18.2. The molecule has 4 rings (SSSR count). The predicted molar refractivity (Wildman–Crippen MR) is 115 cm³/mol. The molecule has 0 amide bonds. The lowest BCUT2D eigenvalue weighted by Gasteiger charge is -2.34. The van der Waals surface area contributed by atoms with Gasteiger partial charge in [0.05, 0.1) is 6.33 Å². The lowest BCUT2D eigenvalue weighted by atomic mass is 9.83. The van der Waals surface area contributed by atoms with Crippen molar-refractivity contribution in [2.75, 3.05) is 13.7 Å². The summed E-state index contributed by atoms with van der Waals surface area (Å²) in [4.78, 5) is 3.86. The highest BCUT2D eigenvalue weighted by molar-refractivity contribution is 7.89. The van der Waals surface area contributed by atoms with E-state index < -0.39 is 15.8 Å². The summed E-state index contributed by atoms with van der Waals surface area (Å²) in [5.74, 6) is 0.0491. The predicted octanol–water partition coefficient (Wildman–Crippen LogP) is 2.34. The summed E-state index contributed by atoms with van der Waals surface area (Å²) in [6.07, 6.45) is 3.55. The van der Waals surface area contributed by atoms with Crippen LogP contribution >= 0.6 is 0 Å². The van der Waals surface area contributed by atoms with Crippen LogP contribution in [0, 0.1) is 5.82 Å². The van der Waals surface area contributed by atoms with Crippen molar-refractivity contribution in [1.29, 1.82) is 0 Å². The molecule has 0 saturated carbocycles. The van der Waals surface area contributed by atoms with Crippen LogP contribution in [0.4, 0.5) is 4.39 Å². The van der Waals surface area contributed by atoms with Crippen LogP contribution in [-0.2, 0) is 30.0 Å². The molecule has 2 heterocycles. The number of ether oxygens (including phenoxy) is 1. The normalized spacial score (nSPS) is 18.4. The molecular formula is C22H25FN4O3S. The van der Waals surface area contributed by atoms with Crippen LogP contribution in [0.25, 0.3) is 0 Å². The number of hydrogen-bond donors (Lipinski definition) is 2. The summed E-state index contributed by atoms with van der Waals surface area (Å²) in [6.45, 7) is 0.256. The molecule has 31 heavy (non-hydrogen) atoms. The molecule has 2 N–H and O–H groups in total. The van der Waals surface area contributed by atoms with Gasteiger partial charge in [-0.1, -0.05) is 30.3 Å². The number of fused-ring (bicyclic) bond motifs is 1. The van der Waals surface area contributed by atoms with Crippen LogP contribution in [0.1, 0.15) is 22.6 Å². The van der Waals surface area contributed by atoms with Crippen molar-refractivity contribution in [1.82, 2.24) is 19.6 Å². The minimum Gasteiger partial charge on any atom is -0.492 e. The lowest BCUT2D eigenvalue weighted by molar-refractivity contribution is 0.217. The zero-order chi connectivity index (χ0) is 22.0. The zero-order valence-electron chi connectivity index (χ0n) is 17.4. The van der Waals surface area contributed by atoms with E-state index in [-0.39, 0.29) is 29.1 Å². The van der Waals surface area contributed by atoms with Gasteiger partial charge in [0.15, 0.2) is 5.03 Å². The topological polar surface area (TPSA) is 85.3 Å². The van der Waals surface area contributed by atoms with Crippen LogP contribution in [0.3, 0.4) is 0 Å². The molecule has 0 unspecified atom stereocenters. The third-order valence-electron chi connectivity index (χ3n) is 5.56. The van der Waals surface area contributed by atoms with E-state index in [1.165, 1.54) is 28.7 Å². The van der Waals surface area contributed by atoms with E-state index in [1.54, 1.807) is 13.1 Å². The molecule has 0 radical (unpaired) electrons. The van der Waals surface area contributed by atoms with Gasteiger partial charge in [0.1, 0.15) is 18.2 Å². The number of aromatic nitrogens is 2. The van der Waals surface area contributed by atoms with Crippen LogP contribution in [0.5, 0.6) is 5.75 Å². The van der Waals surface area contributed by atoms with Gasteiger partial charge in [-0.3, -0.25) is 0 Å². The van der Waals surface area contributed by atoms with Crippen molar-refractivity contribution in [3.63, 3.8) is 0 Å². The Kier molecular flexibility index (Phi) is 6.08. The van der Waals surface area contributed by atoms with Gasteiger partial charge in [-0.15, -0.1) is 0 Å². The molecule has 1 aliphatic heterocycles. The van der Waals surface area contributed by atoms with Gasteiger partial charge in [-0.2, -0.15) is 0 Å². The van der Waals surface area contributed by atoms with Gasteiger partial charge in [0.25, 0.3) is 10.0 Å². The van der Waals surface area contributed by atoms with Gasteiger partial charge < -0.3 is 14.6 Å². The van der Waals surface area contributed by atoms with Crippen LogP contribution in [0.15, 0.2) is 60.0 Å². The summed E-state index contributed by atoms with van der Waals surface area (Å²) >= 11 is 0. The summed E-state index contributed by atoms with van der Waals surface area (Å²) < 4.78 is 49.5. The van der Waals surface area contributed by atoms with Gasteiger partial charge in [-0.25, -0.2) is 22.5 Å². The Balaban J connectivity index is 1.62. The van der Waals surface area contributed by atoms with E-state index in [0.29, 0.717) is 12.4 Å². The van der Waals surface area contributed by atoms with Crippen molar-refractivity contribution < 1.29 is 17.5 Å². The molecular weight excluding hydrogens is 419 g/mol. The van der Waals surface area contributed by atoms with Gasteiger partial charge in [0, 0.05) is 43.4 Å². The number of aryl methyl sites for hydroxylation is 1. The molecule has 3 aromatic rings. The van der Waals surface area contributed by atoms with Crippen molar-refractivity contribution >= 4 is 10.0 Å². The fourth-order valence-electron chi connectivity index (χ4n) is 3.86. The molecule has 0 fully saturated rings. The summed E-state index contributed by atoms with van der Waals surface area (Å²) in [5, 5.41) is 3.19. The second-order valence-electron chi connectivity index (χ2n) is 7.69. The Bertz CT molecular complexity index is 1160. The largest absolute Gasteiger partial charge is 0.492 e. The number of hydrogen-bond acceptors (Lipinski definition) is 5. The Morgan fingerprint density at radius 3 is 2.71 bits per heavy atom. The van der Waals surface area contributed by atoms with E-state index in [2.05, 4.69) is 27.2 Å². The molecule has 1 aromatic heterocycles. The summed E-state index contributed by atoms with van der Waals surface area (Å²) in [7, 11) is -0.287. The molecule has 7 nitrogen and oxygen atoms in total. The number of imidazole rings is 1. The van der Waals surface area contributed by atoms with E-state index in [4.69, 9.17) is 4.74 Å². The third kappa shape index (κ3) is 4.63. The standard InChI is InChI=1S/C22H25FN4O3S/c1-24-20-13-30-21-10-19(23)16(11-26-31(28,29)22-12-27(2)14-25-22)9-18(21)17(20)8-15-6-4-3-5-7-15/h3-7,9-10,12,14,17,20,24,26H,8,11,13H2,1-2H3/t17-,20+/m0/s1. The minimum atomic E-state index is -3.85. The van der Waals surface area contributed by atoms with Crippen LogP contribution in [0.2, 0.25) is 0 Å². The highest BCUT2D eigenvalue weighted by Crippen LogP contribution is 2.37. The van der Waals surface area contributed by atoms with Gasteiger partial charge >= 0.3 is 0 Å². The first-order chi connectivity index (χ1) is 14.9. The van der Waals surface area contributed by atoms with E-state index in [1.807, 2.05) is 25.2 Å². The van der Waals surface area contributed by atoms with Crippen LogP contribution in [-0.4, -0.2) is 37.7 Å². The number of rotatable bonds is 7.